The quantitative estimate of drug-likeness (QED) is 0.888. The number of thiophene rings is 1. The van der Waals surface area contributed by atoms with Crippen molar-refractivity contribution in [3.05, 3.63) is 57.8 Å². The highest BCUT2D eigenvalue weighted by atomic mass is 32.1. The molecule has 1 aromatic heterocycles. The first-order chi connectivity index (χ1) is 8.68. The SMILES string of the molecule is Cc1cscc1C(=O)NCC(O)c1ccccc1. The minimum atomic E-state index is -0.672. The van der Waals surface area contributed by atoms with Crippen LogP contribution in [0.4, 0.5) is 0 Å². The molecule has 0 spiro atoms. The van der Waals surface area contributed by atoms with E-state index in [2.05, 4.69) is 5.32 Å². The Morgan fingerprint density at radius 3 is 2.67 bits per heavy atom. The topological polar surface area (TPSA) is 49.3 Å². The first-order valence-corrected chi connectivity index (χ1v) is 6.67. The Balaban J connectivity index is 1.93. The molecular formula is C14H15NO2S. The van der Waals surface area contributed by atoms with Crippen LogP contribution in [-0.4, -0.2) is 17.6 Å². The molecule has 0 aliphatic carbocycles. The molecule has 2 rings (SSSR count). The van der Waals surface area contributed by atoms with Gasteiger partial charge in [0.15, 0.2) is 0 Å². The van der Waals surface area contributed by atoms with Gasteiger partial charge >= 0.3 is 0 Å². The molecule has 0 bridgehead atoms. The summed E-state index contributed by atoms with van der Waals surface area (Å²) in [5.74, 6) is -0.135. The Morgan fingerprint density at radius 2 is 2.06 bits per heavy atom. The molecule has 0 saturated heterocycles. The molecule has 3 nitrogen and oxygen atoms in total. The van der Waals surface area contributed by atoms with Gasteiger partial charge in [-0.2, -0.15) is 11.3 Å². The van der Waals surface area contributed by atoms with Crippen molar-refractivity contribution in [2.45, 2.75) is 13.0 Å². The molecule has 94 valence electrons. The van der Waals surface area contributed by atoms with Crippen molar-refractivity contribution in [3.63, 3.8) is 0 Å². The summed E-state index contributed by atoms with van der Waals surface area (Å²) in [4.78, 5) is 11.8. The molecule has 0 aliphatic rings. The van der Waals surface area contributed by atoms with Gasteiger partial charge in [-0.3, -0.25) is 4.79 Å². The summed E-state index contributed by atoms with van der Waals surface area (Å²) in [5.41, 5.74) is 2.45. The van der Waals surface area contributed by atoms with Gasteiger partial charge in [-0.1, -0.05) is 30.3 Å². The Kier molecular flexibility index (Phi) is 4.12. The van der Waals surface area contributed by atoms with Gasteiger partial charge in [0, 0.05) is 11.9 Å². The van der Waals surface area contributed by atoms with Crippen LogP contribution in [0.1, 0.15) is 27.6 Å². The molecular weight excluding hydrogens is 246 g/mol. The van der Waals surface area contributed by atoms with Crippen LogP contribution in [0.2, 0.25) is 0 Å². The van der Waals surface area contributed by atoms with E-state index < -0.39 is 6.10 Å². The summed E-state index contributed by atoms with van der Waals surface area (Å²) in [6.45, 7) is 2.12. The van der Waals surface area contributed by atoms with Gasteiger partial charge in [0.1, 0.15) is 0 Å². The lowest BCUT2D eigenvalue weighted by Crippen LogP contribution is -2.28. The van der Waals surface area contributed by atoms with Crippen LogP contribution in [0.3, 0.4) is 0 Å². The van der Waals surface area contributed by atoms with E-state index >= 15 is 0 Å². The maximum Gasteiger partial charge on any atom is 0.252 e. The van der Waals surface area contributed by atoms with Crippen molar-refractivity contribution in [3.8, 4) is 0 Å². The number of carbonyl (C=O) groups excluding carboxylic acids is 1. The highest BCUT2D eigenvalue weighted by molar-refractivity contribution is 7.08. The van der Waals surface area contributed by atoms with Crippen molar-refractivity contribution in [2.75, 3.05) is 6.54 Å². The largest absolute Gasteiger partial charge is 0.387 e. The van der Waals surface area contributed by atoms with Crippen LogP contribution in [0, 0.1) is 6.92 Å². The number of hydrogen-bond donors (Lipinski definition) is 2. The number of rotatable bonds is 4. The lowest BCUT2D eigenvalue weighted by atomic mass is 10.1. The van der Waals surface area contributed by atoms with Gasteiger partial charge in [0.25, 0.3) is 5.91 Å². The maximum absolute atomic E-state index is 11.8. The summed E-state index contributed by atoms with van der Waals surface area (Å²) in [6.07, 6.45) is -0.672. The van der Waals surface area contributed by atoms with Crippen LogP contribution >= 0.6 is 11.3 Å². The Bertz CT molecular complexity index is 522. The zero-order valence-corrected chi connectivity index (χ0v) is 10.9. The number of aryl methyl sites for hydroxylation is 1. The second kappa shape index (κ2) is 5.80. The van der Waals surface area contributed by atoms with Crippen LogP contribution in [0.25, 0.3) is 0 Å². The zero-order valence-electron chi connectivity index (χ0n) is 10.1. The highest BCUT2D eigenvalue weighted by Crippen LogP contribution is 2.14. The van der Waals surface area contributed by atoms with E-state index in [-0.39, 0.29) is 12.5 Å². The first kappa shape index (κ1) is 12.8. The number of benzene rings is 1. The third-order valence-electron chi connectivity index (χ3n) is 2.74. The molecule has 1 heterocycles. The average Bonchev–Trinajstić information content (AvgIpc) is 2.83. The van der Waals surface area contributed by atoms with Gasteiger partial charge in [-0.05, 0) is 23.4 Å². The molecule has 1 unspecified atom stereocenters. The molecule has 0 aliphatic heterocycles. The van der Waals surface area contributed by atoms with E-state index in [0.717, 1.165) is 11.1 Å². The van der Waals surface area contributed by atoms with E-state index in [1.54, 1.807) is 0 Å². The lowest BCUT2D eigenvalue weighted by Gasteiger charge is -2.12. The predicted molar refractivity (Wildman–Crippen MR) is 72.8 cm³/mol. The first-order valence-electron chi connectivity index (χ1n) is 5.72. The molecule has 1 amide bonds. The summed E-state index contributed by atoms with van der Waals surface area (Å²) in [7, 11) is 0. The predicted octanol–water partition coefficient (Wildman–Crippen LogP) is 2.52. The molecule has 0 saturated carbocycles. The zero-order chi connectivity index (χ0) is 13.0. The van der Waals surface area contributed by atoms with Crippen molar-refractivity contribution in [1.29, 1.82) is 0 Å². The second-order valence-electron chi connectivity index (χ2n) is 4.10. The summed E-state index contributed by atoms with van der Waals surface area (Å²) in [5, 5.41) is 16.4. The van der Waals surface area contributed by atoms with Gasteiger partial charge < -0.3 is 10.4 Å². The number of aliphatic hydroxyl groups excluding tert-OH is 1. The normalized spacial score (nSPS) is 12.1. The Hall–Kier alpha value is -1.65. The number of nitrogens with one attached hydrogen (secondary N) is 1. The molecule has 0 fully saturated rings. The standard InChI is InChI=1S/C14H15NO2S/c1-10-8-18-9-12(10)14(17)15-7-13(16)11-5-3-2-4-6-11/h2-6,8-9,13,16H,7H2,1H3,(H,15,17). The van der Waals surface area contributed by atoms with Gasteiger partial charge in [0.2, 0.25) is 0 Å². The summed E-state index contributed by atoms with van der Waals surface area (Å²) >= 11 is 1.50. The third kappa shape index (κ3) is 2.97. The van der Waals surface area contributed by atoms with Gasteiger partial charge in [-0.25, -0.2) is 0 Å². The number of carbonyl (C=O) groups is 1. The fourth-order valence-electron chi connectivity index (χ4n) is 1.67. The highest BCUT2D eigenvalue weighted by Gasteiger charge is 2.12. The number of hydrogen-bond acceptors (Lipinski definition) is 3. The van der Waals surface area contributed by atoms with Gasteiger partial charge in [0.05, 0.1) is 11.7 Å². The van der Waals surface area contributed by atoms with E-state index in [4.69, 9.17) is 0 Å². The molecule has 18 heavy (non-hydrogen) atoms. The molecule has 4 heteroatoms. The van der Waals surface area contributed by atoms with Crippen molar-refractivity contribution < 1.29 is 9.90 Å². The van der Waals surface area contributed by atoms with Crippen LogP contribution < -0.4 is 5.32 Å². The number of amides is 1. The molecule has 1 aromatic carbocycles. The van der Waals surface area contributed by atoms with E-state index in [0.29, 0.717) is 5.56 Å². The Labute approximate surface area is 110 Å². The van der Waals surface area contributed by atoms with Crippen LogP contribution in [-0.2, 0) is 0 Å². The fraction of sp³-hybridized carbons (Fsp3) is 0.214. The molecule has 0 radical (unpaired) electrons. The van der Waals surface area contributed by atoms with Crippen molar-refractivity contribution >= 4 is 17.2 Å². The smallest absolute Gasteiger partial charge is 0.252 e. The minimum absolute atomic E-state index is 0.135. The van der Waals surface area contributed by atoms with Gasteiger partial charge in [-0.15, -0.1) is 0 Å². The monoisotopic (exact) mass is 261 g/mol. The maximum atomic E-state index is 11.8. The second-order valence-corrected chi connectivity index (χ2v) is 4.85. The van der Waals surface area contributed by atoms with E-state index in [1.165, 1.54) is 11.3 Å². The summed E-state index contributed by atoms with van der Waals surface area (Å²) < 4.78 is 0. The Morgan fingerprint density at radius 1 is 1.33 bits per heavy atom. The van der Waals surface area contributed by atoms with E-state index in [9.17, 15) is 9.90 Å². The van der Waals surface area contributed by atoms with Crippen molar-refractivity contribution in [1.82, 2.24) is 5.32 Å². The minimum Gasteiger partial charge on any atom is -0.387 e. The number of aliphatic hydroxyl groups is 1. The van der Waals surface area contributed by atoms with Crippen LogP contribution in [0.15, 0.2) is 41.1 Å². The van der Waals surface area contributed by atoms with Crippen LogP contribution in [0.5, 0.6) is 0 Å². The van der Waals surface area contributed by atoms with E-state index in [1.807, 2.05) is 48.0 Å². The molecule has 1 atom stereocenters. The average molecular weight is 261 g/mol. The fourth-order valence-corrected chi connectivity index (χ4v) is 2.50. The van der Waals surface area contributed by atoms with Crippen molar-refractivity contribution in [2.24, 2.45) is 0 Å². The third-order valence-corrected chi connectivity index (χ3v) is 3.60. The molecule has 2 aromatic rings. The summed E-state index contributed by atoms with van der Waals surface area (Å²) in [6, 6.07) is 9.30. The lowest BCUT2D eigenvalue weighted by molar-refractivity contribution is 0.0916. The molecule has 2 N–H and O–H groups in total.